The van der Waals surface area contributed by atoms with Gasteiger partial charge in [0, 0.05) is 17.5 Å². The topological polar surface area (TPSA) is 17.8 Å². The minimum absolute atomic E-state index is 0.167. The Bertz CT molecular complexity index is 2480. The van der Waals surface area contributed by atoms with Gasteiger partial charge in [0.2, 0.25) is 0 Å². The maximum absolute atomic E-state index is 5.03. The van der Waals surface area contributed by atoms with Crippen LogP contribution in [-0.2, 0) is 11.8 Å². The van der Waals surface area contributed by atoms with Crippen molar-refractivity contribution in [2.75, 3.05) is 0 Å². The first kappa shape index (κ1) is 26.2. The molecule has 0 radical (unpaired) electrons. The van der Waals surface area contributed by atoms with Crippen LogP contribution < -0.4 is 0 Å². The zero-order chi connectivity index (χ0) is 30.3. The zero-order valence-electron chi connectivity index (χ0n) is 25.9. The van der Waals surface area contributed by atoms with Crippen LogP contribution in [0.2, 0.25) is 0 Å². The molecule has 9 rings (SSSR count). The van der Waals surface area contributed by atoms with Gasteiger partial charge in [-0.2, -0.15) is 0 Å². The second kappa shape index (κ2) is 9.64. The summed E-state index contributed by atoms with van der Waals surface area (Å²) in [5.41, 5.74) is 11.3. The first-order valence-electron chi connectivity index (χ1n) is 16.1. The van der Waals surface area contributed by atoms with E-state index in [-0.39, 0.29) is 5.41 Å². The molecule has 1 heterocycles. The van der Waals surface area contributed by atoms with Gasteiger partial charge in [-0.25, -0.2) is 4.98 Å². The summed E-state index contributed by atoms with van der Waals surface area (Å²) < 4.78 is 2.36. The number of hydrogen-bond acceptors (Lipinski definition) is 1. The third-order valence-electron chi connectivity index (χ3n) is 10.0. The van der Waals surface area contributed by atoms with Gasteiger partial charge in [0.1, 0.15) is 5.82 Å². The summed E-state index contributed by atoms with van der Waals surface area (Å²) in [5.74, 6) is 1.12. The molecule has 2 heteroatoms. The third kappa shape index (κ3) is 3.66. The smallest absolute Gasteiger partial charge is 0.114 e. The van der Waals surface area contributed by atoms with Crippen molar-refractivity contribution in [1.82, 2.24) is 9.55 Å². The van der Waals surface area contributed by atoms with Crippen LogP contribution in [0.4, 0.5) is 0 Å². The van der Waals surface area contributed by atoms with Gasteiger partial charge in [-0.05, 0) is 102 Å². The molecule has 1 aliphatic carbocycles. The molecular weight excluding hydrogens is 544 g/mol. The molecular formula is C43H34N2. The molecule has 216 valence electrons. The molecule has 0 amide bonds. The molecule has 0 unspecified atom stereocenters. The van der Waals surface area contributed by atoms with Crippen molar-refractivity contribution in [2.24, 2.45) is 0 Å². The summed E-state index contributed by atoms with van der Waals surface area (Å²) in [5, 5.41) is 7.97. The van der Waals surface area contributed by atoms with Crippen LogP contribution in [0.3, 0.4) is 0 Å². The van der Waals surface area contributed by atoms with Crippen LogP contribution in [0, 0.1) is 0 Å². The highest BCUT2D eigenvalue weighted by molar-refractivity contribution is 6.22. The van der Waals surface area contributed by atoms with Crippen LogP contribution in [0.5, 0.6) is 0 Å². The molecule has 7 aromatic carbocycles. The number of benzene rings is 7. The Morgan fingerprint density at radius 3 is 1.98 bits per heavy atom. The molecule has 8 aromatic rings. The van der Waals surface area contributed by atoms with Crippen LogP contribution in [0.15, 0.2) is 127 Å². The van der Waals surface area contributed by atoms with Gasteiger partial charge in [0.05, 0.1) is 11.0 Å². The highest BCUT2D eigenvalue weighted by Crippen LogP contribution is 2.57. The molecule has 1 aliphatic rings. The SMILES string of the molecule is CCCc1nc2ccccc2n1-c1cccc(-c2cc3c(c4ccccc24)-c2c(c4ccccc4c4ccccc24)C3(C)C)c1. The van der Waals surface area contributed by atoms with E-state index in [0.29, 0.717) is 0 Å². The van der Waals surface area contributed by atoms with Crippen molar-refractivity contribution in [1.29, 1.82) is 0 Å². The van der Waals surface area contributed by atoms with Crippen molar-refractivity contribution in [3.05, 3.63) is 144 Å². The normalized spacial score (nSPS) is 13.6. The first-order valence-corrected chi connectivity index (χ1v) is 16.1. The molecule has 0 saturated heterocycles. The summed E-state index contributed by atoms with van der Waals surface area (Å²) in [4.78, 5) is 5.03. The van der Waals surface area contributed by atoms with Crippen molar-refractivity contribution < 1.29 is 0 Å². The summed E-state index contributed by atoms with van der Waals surface area (Å²) in [7, 11) is 0. The summed E-state index contributed by atoms with van der Waals surface area (Å²) >= 11 is 0. The molecule has 0 fully saturated rings. The summed E-state index contributed by atoms with van der Waals surface area (Å²) in [6.45, 7) is 7.06. The van der Waals surface area contributed by atoms with Gasteiger partial charge >= 0.3 is 0 Å². The van der Waals surface area contributed by atoms with E-state index in [9.17, 15) is 0 Å². The van der Waals surface area contributed by atoms with E-state index >= 15 is 0 Å². The van der Waals surface area contributed by atoms with Gasteiger partial charge in [-0.15, -0.1) is 0 Å². The minimum Gasteiger partial charge on any atom is -0.296 e. The van der Waals surface area contributed by atoms with E-state index in [2.05, 4.69) is 153 Å². The predicted molar refractivity (Wildman–Crippen MR) is 191 cm³/mol. The molecule has 0 N–H and O–H groups in total. The number of fused-ring (bicyclic) bond motifs is 11. The quantitative estimate of drug-likeness (QED) is 0.190. The van der Waals surface area contributed by atoms with Gasteiger partial charge < -0.3 is 0 Å². The van der Waals surface area contributed by atoms with E-state index in [1.165, 1.54) is 65.7 Å². The molecule has 0 atom stereocenters. The third-order valence-corrected chi connectivity index (χ3v) is 10.0. The first-order chi connectivity index (χ1) is 22.1. The van der Waals surface area contributed by atoms with Crippen LogP contribution in [0.25, 0.3) is 71.3 Å². The number of aromatic nitrogens is 2. The van der Waals surface area contributed by atoms with Crippen LogP contribution in [-0.4, -0.2) is 9.55 Å². The standard InChI is InChI=1S/C43H34N2/c1-4-14-39-44-37-23-11-12-24-38(37)45(39)28-16-13-15-27(25-28)35-26-36-40(32-20-8-6-19-31(32)35)41-33-21-9-5-17-29(33)30-18-7-10-22-34(30)42(41)43(36,2)3/h5-13,15-26H,4,14H2,1-3H3. The fourth-order valence-electron chi connectivity index (χ4n) is 8.13. The largest absolute Gasteiger partial charge is 0.296 e. The lowest BCUT2D eigenvalue weighted by Gasteiger charge is -2.25. The number of imidazole rings is 1. The van der Waals surface area contributed by atoms with E-state index in [1.54, 1.807) is 0 Å². The molecule has 45 heavy (non-hydrogen) atoms. The Morgan fingerprint density at radius 2 is 1.22 bits per heavy atom. The minimum atomic E-state index is -0.167. The Labute approximate surface area is 263 Å². The lowest BCUT2D eigenvalue weighted by atomic mass is 9.78. The maximum atomic E-state index is 5.03. The second-order valence-electron chi connectivity index (χ2n) is 13.0. The summed E-state index contributed by atoms with van der Waals surface area (Å²) in [6.07, 6.45) is 1.99. The van der Waals surface area contributed by atoms with Crippen molar-refractivity contribution in [3.63, 3.8) is 0 Å². The Morgan fingerprint density at radius 1 is 0.600 bits per heavy atom. The van der Waals surface area contributed by atoms with E-state index in [1.807, 2.05) is 0 Å². The van der Waals surface area contributed by atoms with E-state index in [0.717, 1.165) is 35.4 Å². The van der Waals surface area contributed by atoms with Gasteiger partial charge in [0.15, 0.2) is 0 Å². The molecule has 0 aliphatic heterocycles. The Kier molecular flexibility index (Phi) is 5.62. The summed E-state index contributed by atoms with van der Waals surface area (Å²) in [6, 6.07) is 47.0. The second-order valence-corrected chi connectivity index (χ2v) is 13.0. The van der Waals surface area contributed by atoms with Gasteiger partial charge in [-0.3, -0.25) is 4.57 Å². The number of aryl methyl sites for hydroxylation is 1. The lowest BCUT2D eigenvalue weighted by molar-refractivity contribution is 0.667. The average molecular weight is 579 g/mol. The molecule has 0 bridgehead atoms. The van der Waals surface area contributed by atoms with Gasteiger partial charge in [-0.1, -0.05) is 118 Å². The van der Waals surface area contributed by atoms with Crippen molar-refractivity contribution in [2.45, 2.75) is 39.0 Å². The van der Waals surface area contributed by atoms with Gasteiger partial charge in [0.25, 0.3) is 0 Å². The van der Waals surface area contributed by atoms with Crippen molar-refractivity contribution >= 4 is 43.4 Å². The van der Waals surface area contributed by atoms with Crippen LogP contribution >= 0.6 is 0 Å². The Hall–Kier alpha value is -5.21. The fraction of sp³-hybridized carbons (Fsp3) is 0.140. The molecule has 1 aromatic heterocycles. The number of para-hydroxylation sites is 2. The zero-order valence-corrected chi connectivity index (χ0v) is 25.9. The molecule has 2 nitrogen and oxygen atoms in total. The molecule has 0 saturated carbocycles. The maximum Gasteiger partial charge on any atom is 0.114 e. The monoisotopic (exact) mass is 578 g/mol. The number of nitrogens with zero attached hydrogens (tertiary/aromatic N) is 2. The predicted octanol–water partition coefficient (Wildman–Crippen LogP) is 11.4. The fourth-order valence-corrected chi connectivity index (χ4v) is 8.13. The lowest BCUT2D eigenvalue weighted by Crippen LogP contribution is -2.16. The van der Waals surface area contributed by atoms with E-state index < -0.39 is 0 Å². The van der Waals surface area contributed by atoms with Crippen LogP contribution in [0.1, 0.15) is 44.1 Å². The van der Waals surface area contributed by atoms with E-state index in [4.69, 9.17) is 4.98 Å². The highest BCUT2D eigenvalue weighted by Gasteiger charge is 2.40. The van der Waals surface area contributed by atoms with Crippen molar-refractivity contribution in [3.8, 4) is 27.9 Å². The average Bonchev–Trinajstić information content (AvgIpc) is 3.56. The molecule has 0 spiro atoms. The Balaban J connectivity index is 1.34. The number of hydrogen-bond donors (Lipinski definition) is 0. The number of rotatable bonds is 4. The highest BCUT2D eigenvalue weighted by atomic mass is 15.1.